The highest BCUT2D eigenvalue weighted by molar-refractivity contribution is 9.10. The van der Waals surface area contributed by atoms with Gasteiger partial charge in [-0.1, -0.05) is 0 Å². The van der Waals surface area contributed by atoms with E-state index in [0.717, 1.165) is 0 Å². The van der Waals surface area contributed by atoms with E-state index in [-0.39, 0.29) is 17.3 Å². The van der Waals surface area contributed by atoms with Crippen LogP contribution in [0.1, 0.15) is 5.56 Å². The second-order valence-electron chi connectivity index (χ2n) is 3.75. The number of halogens is 2. The molecule has 0 radical (unpaired) electrons. The van der Waals surface area contributed by atoms with Crippen molar-refractivity contribution in [2.24, 2.45) is 0 Å². The maximum atomic E-state index is 13.5. The number of aryl methyl sites for hydroxylation is 1. The number of ether oxygens (including phenoxy) is 1. The van der Waals surface area contributed by atoms with Gasteiger partial charge in [-0.2, -0.15) is 0 Å². The smallest absolute Gasteiger partial charge is 0.272 e. The number of pyridine rings is 1. The number of nitro groups is 1. The van der Waals surface area contributed by atoms with Crippen molar-refractivity contribution in [1.82, 2.24) is 4.98 Å². The number of nitro benzene ring substituents is 1. The number of rotatable bonds is 3. The van der Waals surface area contributed by atoms with Gasteiger partial charge in [0, 0.05) is 22.3 Å². The van der Waals surface area contributed by atoms with Gasteiger partial charge in [-0.05, 0) is 41.1 Å². The first-order valence-corrected chi connectivity index (χ1v) is 6.00. The van der Waals surface area contributed by atoms with Crippen molar-refractivity contribution in [3.05, 3.63) is 56.4 Å². The molecule has 1 aromatic heterocycles. The molecule has 2 aromatic rings. The topological polar surface area (TPSA) is 65.3 Å². The van der Waals surface area contributed by atoms with Crippen molar-refractivity contribution in [3.8, 4) is 11.6 Å². The van der Waals surface area contributed by atoms with E-state index in [2.05, 4.69) is 20.9 Å². The Bertz CT molecular complexity index is 649. The van der Waals surface area contributed by atoms with E-state index < -0.39 is 10.7 Å². The molecular formula is C12H8BrFN2O3. The van der Waals surface area contributed by atoms with Gasteiger partial charge in [-0.25, -0.2) is 9.37 Å². The third-order valence-electron chi connectivity index (χ3n) is 2.35. The molecule has 0 saturated carbocycles. The van der Waals surface area contributed by atoms with Gasteiger partial charge in [0.15, 0.2) is 5.82 Å². The molecular weight excluding hydrogens is 319 g/mol. The molecule has 0 N–H and O–H groups in total. The second-order valence-corrected chi connectivity index (χ2v) is 4.66. The van der Waals surface area contributed by atoms with Crippen LogP contribution in [0.25, 0.3) is 0 Å². The van der Waals surface area contributed by atoms with Crippen molar-refractivity contribution in [3.63, 3.8) is 0 Å². The summed E-state index contributed by atoms with van der Waals surface area (Å²) in [6, 6.07) is 5.39. The van der Waals surface area contributed by atoms with Gasteiger partial charge in [0.25, 0.3) is 11.6 Å². The third-order valence-corrected chi connectivity index (χ3v) is 2.79. The zero-order valence-electron chi connectivity index (χ0n) is 9.76. The van der Waals surface area contributed by atoms with Gasteiger partial charge in [-0.15, -0.1) is 0 Å². The fourth-order valence-corrected chi connectivity index (χ4v) is 1.79. The maximum absolute atomic E-state index is 13.5. The van der Waals surface area contributed by atoms with Crippen LogP contribution in [0.4, 0.5) is 10.1 Å². The first-order valence-electron chi connectivity index (χ1n) is 5.21. The van der Waals surface area contributed by atoms with Gasteiger partial charge in [0.05, 0.1) is 4.92 Å². The summed E-state index contributed by atoms with van der Waals surface area (Å²) >= 11 is 3.09. The minimum atomic E-state index is -0.620. The van der Waals surface area contributed by atoms with Crippen molar-refractivity contribution in [2.75, 3.05) is 0 Å². The van der Waals surface area contributed by atoms with Crippen LogP contribution < -0.4 is 4.74 Å². The number of benzene rings is 1. The molecule has 0 spiro atoms. The molecule has 0 aliphatic heterocycles. The van der Waals surface area contributed by atoms with Crippen LogP contribution >= 0.6 is 15.9 Å². The summed E-state index contributed by atoms with van der Waals surface area (Å²) in [5.74, 6) is -0.515. The third kappa shape index (κ3) is 3.05. The van der Waals surface area contributed by atoms with E-state index >= 15 is 0 Å². The molecule has 0 unspecified atom stereocenters. The number of nitrogens with zero attached hydrogens (tertiary/aromatic N) is 2. The zero-order chi connectivity index (χ0) is 14.0. The van der Waals surface area contributed by atoms with E-state index in [0.29, 0.717) is 10.0 Å². The maximum Gasteiger partial charge on any atom is 0.272 e. The van der Waals surface area contributed by atoms with E-state index in [1.165, 1.54) is 30.5 Å². The highest BCUT2D eigenvalue weighted by Gasteiger charge is 2.12. The molecule has 0 aliphatic rings. The number of hydrogen-bond acceptors (Lipinski definition) is 4. The van der Waals surface area contributed by atoms with Crippen LogP contribution in [-0.2, 0) is 0 Å². The fraction of sp³-hybridized carbons (Fsp3) is 0.0833. The molecule has 0 saturated heterocycles. The van der Waals surface area contributed by atoms with Crippen LogP contribution in [0.3, 0.4) is 0 Å². The van der Waals surface area contributed by atoms with Crippen LogP contribution in [-0.4, -0.2) is 9.91 Å². The van der Waals surface area contributed by atoms with Crippen molar-refractivity contribution < 1.29 is 14.1 Å². The number of aromatic nitrogens is 1. The summed E-state index contributed by atoms with van der Waals surface area (Å²) in [5, 5.41) is 10.7. The average molecular weight is 327 g/mol. The lowest BCUT2D eigenvalue weighted by Crippen LogP contribution is -1.95. The van der Waals surface area contributed by atoms with Gasteiger partial charge < -0.3 is 4.74 Å². The first kappa shape index (κ1) is 13.4. The molecule has 98 valence electrons. The van der Waals surface area contributed by atoms with Crippen molar-refractivity contribution in [1.29, 1.82) is 0 Å². The Kier molecular flexibility index (Phi) is 3.75. The minimum Gasteiger partial charge on any atom is -0.436 e. The minimum absolute atomic E-state index is 0.0170. The highest BCUT2D eigenvalue weighted by atomic mass is 79.9. The van der Waals surface area contributed by atoms with E-state index in [4.69, 9.17) is 4.74 Å². The van der Waals surface area contributed by atoms with E-state index in [9.17, 15) is 14.5 Å². The standard InChI is InChI=1S/C12H8BrFN2O3/c1-7-4-9(2-3-11(7)16(17)18)19-12-10(14)5-8(13)6-15-12/h2-6H,1H3. The van der Waals surface area contributed by atoms with Crippen molar-refractivity contribution in [2.45, 2.75) is 6.92 Å². The Labute approximate surface area is 116 Å². The Morgan fingerprint density at radius 1 is 1.42 bits per heavy atom. The molecule has 19 heavy (non-hydrogen) atoms. The van der Waals surface area contributed by atoms with Crippen LogP contribution in [0.2, 0.25) is 0 Å². The lowest BCUT2D eigenvalue weighted by Gasteiger charge is -2.06. The molecule has 0 atom stereocenters. The lowest BCUT2D eigenvalue weighted by molar-refractivity contribution is -0.385. The summed E-state index contributed by atoms with van der Waals surface area (Å²) in [5.41, 5.74) is 0.414. The predicted molar refractivity (Wildman–Crippen MR) is 69.8 cm³/mol. The largest absolute Gasteiger partial charge is 0.436 e. The molecule has 7 heteroatoms. The molecule has 1 aromatic carbocycles. The fourth-order valence-electron chi connectivity index (χ4n) is 1.49. The summed E-state index contributed by atoms with van der Waals surface area (Å²) in [4.78, 5) is 14.0. The van der Waals surface area contributed by atoms with Crippen LogP contribution in [0.15, 0.2) is 34.9 Å². The van der Waals surface area contributed by atoms with Crippen molar-refractivity contribution >= 4 is 21.6 Å². The number of hydrogen-bond donors (Lipinski definition) is 0. The zero-order valence-corrected chi connectivity index (χ0v) is 11.3. The molecule has 0 bridgehead atoms. The average Bonchev–Trinajstić information content (AvgIpc) is 2.32. The van der Waals surface area contributed by atoms with Gasteiger partial charge >= 0.3 is 0 Å². The van der Waals surface area contributed by atoms with E-state index in [1.807, 2.05) is 0 Å². The first-order chi connectivity index (χ1) is 8.97. The SMILES string of the molecule is Cc1cc(Oc2ncc(Br)cc2F)ccc1[N+](=O)[O-]. The Hall–Kier alpha value is -2.02. The summed E-state index contributed by atoms with van der Waals surface area (Å²) in [6.07, 6.45) is 1.40. The monoisotopic (exact) mass is 326 g/mol. The lowest BCUT2D eigenvalue weighted by atomic mass is 10.2. The van der Waals surface area contributed by atoms with Crippen LogP contribution in [0.5, 0.6) is 11.6 Å². The second kappa shape index (κ2) is 5.31. The summed E-state index contributed by atoms with van der Waals surface area (Å²) in [7, 11) is 0. The molecule has 1 heterocycles. The molecule has 5 nitrogen and oxygen atoms in total. The molecule has 0 amide bonds. The van der Waals surface area contributed by atoms with Gasteiger partial charge in [0.2, 0.25) is 0 Å². The molecule has 0 aliphatic carbocycles. The van der Waals surface area contributed by atoms with E-state index in [1.54, 1.807) is 6.92 Å². The Morgan fingerprint density at radius 2 is 2.16 bits per heavy atom. The van der Waals surface area contributed by atoms with Crippen LogP contribution in [0, 0.1) is 22.9 Å². The highest BCUT2D eigenvalue weighted by Crippen LogP contribution is 2.28. The van der Waals surface area contributed by atoms with Gasteiger partial charge in [-0.3, -0.25) is 10.1 Å². The Morgan fingerprint density at radius 3 is 2.74 bits per heavy atom. The normalized spacial score (nSPS) is 10.3. The van der Waals surface area contributed by atoms with Gasteiger partial charge in [0.1, 0.15) is 5.75 Å². The predicted octanol–water partition coefficient (Wildman–Crippen LogP) is 3.99. The molecule has 2 rings (SSSR count). The Balaban J connectivity index is 2.29. The molecule has 0 fully saturated rings. The summed E-state index contributed by atoms with van der Waals surface area (Å²) < 4.78 is 19.3. The summed E-state index contributed by atoms with van der Waals surface area (Å²) in [6.45, 7) is 1.58. The quantitative estimate of drug-likeness (QED) is 0.631.